The van der Waals surface area contributed by atoms with E-state index in [9.17, 15) is 15.0 Å². The fourth-order valence-corrected chi connectivity index (χ4v) is 2.75. The molecule has 134 valence electrons. The Morgan fingerprint density at radius 3 is 2.64 bits per heavy atom. The van der Waals surface area contributed by atoms with Crippen LogP contribution < -0.4 is 0 Å². The third-order valence-corrected chi connectivity index (χ3v) is 4.16. The first kappa shape index (κ1) is 18.8. The quantitative estimate of drug-likeness (QED) is 0.411. The standard InChI is InChI=1S/C21H26O4/c1-14(2)6-4-7-15(3)8-5-9-16-12-20(25-21(16)24)18-13-17(22)10-11-19(18)23/h6,8,10-13,20,22-23H,4-5,7,9H2,1-3H3. The summed E-state index contributed by atoms with van der Waals surface area (Å²) in [5, 5.41) is 19.4. The zero-order valence-corrected chi connectivity index (χ0v) is 15.1. The molecule has 0 saturated carbocycles. The Morgan fingerprint density at radius 2 is 1.92 bits per heavy atom. The molecule has 1 aromatic carbocycles. The zero-order chi connectivity index (χ0) is 18.4. The van der Waals surface area contributed by atoms with Gasteiger partial charge in [0.15, 0.2) is 0 Å². The minimum atomic E-state index is -0.641. The second-order valence-electron chi connectivity index (χ2n) is 6.67. The van der Waals surface area contributed by atoms with Crippen LogP contribution in [0.15, 0.2) is 53.1 Å². The van der Waals surface area contributed by atoms with Gasteiger partial charge in [-0.2, -0.15) is 0 Å². The molecular formula is C21H26O4. The topological polar surface area (TPSA) is 66.8 Å². The van der Waals surface area contributed by atoms with Crippen LogP contribution in [0.3, 0.4) is 0 Å². The Bertz CT molecular complexity index is 721. The van der Waals surface area contributed by atoms with Crippen molar-refractivity contribution < 1.29 is 19.7 Å². The first-order valence-corrected chi connectivity index (χ1v) is 8.59. The van der Waals surface area contributed by atoms with Crippen LogP contribution in [0.25, 0.3) is 0 Å². The molecule has 0 bridgehead atoms. The lowest BCUT2D eigenvalue weighted by atomic mass is 10.0. The maximum atomic E-state index is 12.0. The third kappa shape index (κ3) is 5.52. The van der Waals surface area contributed by atoms with Crippen molar-refractivity contribution in [1.82, 2.24) is 0 Å². The van der Waals surface area contributed by atoms with Crippen LogP contribution in [0.4, 0.5) is 0 Å². The largest absolute Gasteiger partial charge is 0.508 e. The van der Waals surface area contributed by atoms with E-state index in [2.05, 4.69) is 32.9 Å². The Hall–Kier alpha value is -2.49. The Kier molecular flexibility index (Phi) is 6.45. The lowest BCUT2D eigenvalue weighted by Gasteiger charge is -2.10. The number of ether oxygens (including phenoxy) is 1. The van der Waals surface area contributed by atoms with E-state index in [0.717, 1.165) is 19.3 Å². The van der Waals surface area contributed by atoms with Gasteiger partial charge in [-0.1, -0.05) is 23.3 Å². The lowest BCUT2D eigenvalue weighted by molar-refractivity contribution is -0.140. The van der Waals surface area contributed by atoms with Gasteiger partial charge < -0.3 is 14.9 Å². The molecule has 4 nitrogen and oxygen atoms in total. The second-order valence-corrected chi connectivity index (χ2v) is 6.67. The third-order valence-electron chi connectivity index (χ3n) is 4.16. The predicted molar refractivity (Wildman–Crippen MR) is 98.3 cm³/mol. The molecule has 2 rings (SSSR count). The highest BCUT2D eigenvalue weighted by molar-refractivity contribution is 5.91. The fourth-order valence-electron chi connectivity index (χ4n) is 2.75. The molecule has 4 heteroatoms. The molecule has 0 fully saturated rings. The SMILES string of the molecule is CC(C)=CCCC(C)=CCCC1=CC(c2cc(O)ccc2O)OC1=O. The van der Waals surface area contributed by atoms with Crippen LogP contribution in [0.2, 0.25) is 0 Å². The van der Waals surface area contributed by atoms with E-state index >= 15 is 0 Å². The van der Waals surface area contributed by atoms with Crippen LogP contribution in [-0.2, 0) is 9.53 Å². The number of esters is 1. The summed E-state index contributed by atoms with van der Waals surface area (Å²) in [6, 6.07) is 4.20. The van der Waals surface area contributed by atoms with Crippen molar-refractivity contribution in [3.05, 3.63) is 58.7 Å². The molecule has 1 aliphatic heterocycles. The van der Waals surface area contributed by atoms with Gasteiger partial charge in [0.2, 0.25) is 0 Å². The van der Waals surface area contributed by atoms with Gasteiger partial charge in [-0.25, -0.2) is 4.79 Å². The Labute approximate surface area is 149 Å². The molecule has 1 heterocycles. The number of benzene rings is 1. The van der Waals surface area contributed by atoms with Gasteiger partial charge in [-0.05, 0) is 70.7 Å². The molecule has 2 N–H and O–H groups in total. The number of hydrogen-bond acceptors (Lipinski definition) is 4. The predicted octanol–water partition coefficient (Wildman–Crippen LogP) is 5.10. The van der Waals surface area contributed by atoms with Crippen molar-refractivity contribution in [2.24, 2.45) is 0 Å². The van der Waals surface area contributed by atoms with Crippen LogP contribution in [0.1, 0.15) is 58.1 Å². The number of rotatable bonds is 7. The Morgan fingerprint density at radius 1 is 1.16 bits per heavy atom. The summed E-state index contributed by atoms with van der Waals surface area (Å²) in [6.45, 7) is 6.30. The number of phenolic OH excluding ortho intramolecular Hbond substituents is 2. The van der Waals surface area contributed by atoms with E-state index in [0.29, 0.717) is 17.6 Å². The highest BCUT2D eigenvalue weighted by Crippen LogP contribution is 2.36. The minimum Gasteiger partial charge on any atom is -0.508 e. The van der Waals surface area contributed by atoms with Gasteiger partial charge in [0.1, 0.15) is 17.6 Å². The van der Waals surface area contributed by atoms with Gasteiger partial charge in [-0.15, -0.1) is 0 Å². The molecular weight excluding hydrogens is 316 g/mol. The maximum absolute atomic E-state index is 12.0. The average Bonchev–Trinajstić information content (AvgIpc) is 2.90. The number of allylic oxidation sites excluding steroid dienone is 4. The van der Waals surface area contributed by atoms with Crippen molar-refractivity contribution >= 4 is 5.97 Å². The number of cyclic esters (lactones) is 1. The minimum absolute atomic E-state index is 0.00288. The summed E-state index contributed by atoms with van der Waals surface area (Å²) in [6.07, 6.45) is 8.91. The number of hydrogen-bond donors (Lipinski definition) is 2. The first-order chi connectivity index (χ1) is 11.9. The summed E-state index contributed by atoms with van der Waals surface area (Å²) in [5.41, 5.74) is 3.65. The molecule has 0 aromatic heterocycles. The summed E-state index contributed by atoms with van der Waals surface area (Å²) < 4.78 is 5.31. The van der Waals surface area contributed by atoms with Crippen molar-refractivity contribution in [1.29, 1.82) is 0 Å². The summed E-state index contributed by atoms with van der Waals surface area (Å²) >= 11 is 0. The highest BCUT2D eigenvalue weighted by Gasteiger charge is 2.28. The zero-order valence-electron chi connectivity index (χ0n) is 15.1. The maximum Gasteiger partial charge on any atom is 0.334 e. The van der Waals surface area contributed by atoms with Crippen molar-refractivity contribution in [2.75, 3.05) is 0 Å². The number of carbonyl (C=O) groups is 1. The summed E-state index contributed by atoms with van der Waals surface area (Å²) in [4.78, 5) is 12.0. The van der Waals surface area contributed by atoms with Crippen LogP contribution in [-0.4, -0.2) is 16.2 Å². The van der Waals surface area contributed by atoms with Gasteiger partial charge in [-0.3, -0.25) is 0 Å². The van der Waals surface area contributed by atoms with Crippen LogP contribution in [0.5, 0.6) is 11.5 Å². The van der Waals surface area contributed by atoms with E-state index < -0.39 is 6.10 Å². The van der Waals surface area contributed by atoms with Gasteiger partial charge in [0, 0.05) is 11.1 Å². The van der Waals surface area contributed by atoms with E-state index in [-0.39, 0.29) is 17.5 Å². The van der Waals surface area contributed by atoms with E-state index in [1.807, 2.05) is 0 Å². The summed E-state index contributed by atoms with van der Waals surface area (Å²) in [5.74, 6) is -0.327. The molecule has 0 spiro atoms. The van der Waals surface area contributed by atoms with E-state index in [1.54, 1.807) is 6.08 Å². The number of aromatic hydroxyl groups is 2. The van der Waals surface area contributed by atoms with E-state index in [4.69, 9.17) is 4.74 Å². The Balaban J connectivity index is 1.95. The number of carbonyl (C=O) groups excluding carboxylic acids is 1. The normalized spacial score (nSPS) is 17.2. The molecule has 25 heavy (non-hydrogen) atoms. The molecule has 1 unspecified atom stereocenters. The number of phenols is 2. The molecule has 1 atom stereocenters. The lowest BCUT2D eigenvalue weighted by Crippen LogP contribution is -2.02. The van der Waals surface area contributed by atoms with Crippen LogP contribution in [0, 0.1) is 0 Å². The first-order valence-electron chi connectivity index (χ1n) is 8.59. The smallest absolute Gasteiger partial charge is 0.334 e. The monoisotopic (exact) mass is 342 g/mol. The van der Waals surface area contributed by atoms with Gasteiger partial charge in [0.05, 0.1) is 0 Å². The van der Waals surface area contributed by atoms with Gasteiger partial charge in [0.25, 0.3) is 0 Å². The molecule has 0 saturated heterocycles. The second kappa shape index (κ2) is 8.56. The molecule has 1 aromatic rings. The van der Waals surface area contributed by atoms with Crippen molar-refractivity contribution in [2.45, 2.75) is 52.6 Å². The molecule has 1 aliphatic rings. The average molecular weight is 342 g/mol. The van der Waals surface area contributed by atoms with Crippen molar-refractivity contribution in [3.63, 3.8) is 0 Å². The van der Waals surface area contributed by atoms with E-state index in [1.165, 1.54) is 29.3 Å². The molecule has 0 amide bonds. The molecule has 0 radical (unpaired) electrons. The molecule has 0 aliphatic carbocycles. The van der Waals surface area contributed by atoms with Crippen molar-refractivity contribution in [3.8, 4) is 11.5 Å². The van der Waals surface area contributed by atoms with Gasteiger partial charge >= 0.3 is 5.97 Å². The fraction of sp³-hybridized carbons (Fsp3) is 0.381. The summed E-state index contributed by atoms with van der Waals surface area (Å²) in [7, 11) is 0. The van der Waals surface area contributed by atoms with Crippen LogP contribution >= 0.6 is 0 Å². The highest BCUT2D eigenvalue weighted by atomic mass is 16.5.